The molecule has 2 N–H and O–H groups in total. The SMILES string of the molecule is CC(Nc1ccc(O)cc1)c1ccccn1. The van der Waals surface area contributed by atoms with Gasteiger partial charge in [-0.3, -0.25) is 4.98 Å². The molecule has 0 saturated carbocycles. The second-order valence-corrected chi connectivity index (χ2v) is 3.67. The van der Waals surface area contributed by atoms with E-state index >= 15 is 0 Å². The van der Waals surface area contributed by atoms with Crippen molar-refractivity contribution in [2.45, 2.75) is 13.0 Å². The van der Waals surface area contributed by atoms with E-state index in [-0.39, 0.29) is 11.8 Å². The van der Waals surface area contributed by atoms with Crippen LogP contribution in [0.25, 0.3) is 0 Å². The fourth-order valence-electron chi connectivity index (χ4n) is 1.51. The minimum absolute atomic E-state index is 0.144. The van der Waals surface area contributed by atoms with Crippen LogP contribution in [0.3, 0.4) is 0 Å². The van der Waals surface area contributed by atoms with Crippen LogP contribution in [0.2, 0.25) is 0 Å². The second kappa shape index (κ2) is 4.66. The molecule has 3 nitrogen and oxygen atoms in total. The van der Waals surface area contributed by atoms with Gasteiger partial charge in [0.2, 0.25) is 0 Å². The zero-order valence-corrected chi connectivity index (χ0v) is 9.09. The average Bonchev–Trinajstić information content (AvgIpc) is 2.33. The molecule has 0 bridgehead atoms. The average molecular weight is 214 g/mol. The number of benzene rings is 1. The first-order valence-electron chi connectivity index (χ1n) is 5.22. The maximum Gasteiger partial charge on any atom is 0.115 e. The molecule has 0 amide bonds. The largest absolute Gasteiger partial charge is 0.508 e. The molecule has 2 rings (SSSR count). The van der Waals surface area contributed by atoms with Crippen LogP contribution in [0.5, 0.6) is 5.75 Å². The van der Waals surface area contributed by atoms with Crippen LogP contribution >= 0.6 is 0 Å². The Morgan fingerprint density at radius 1 is 1.12 bits per heavy atom. The van der Waals surface area contributed by atoms with Gasteiger partial charge in [-0.15, -0.1) is 0 Å². The third-order valence-corrected chi connectivity index (χ3v) is 2.38. The summed E-state index contributed by atoms with van der Waals surface area (Å²) in [6.45, 7) is 2.05. The highest BCUT2D eigenvalue weighted by molar-refractivity contribution is 5.47. The Labute approximate surface area is 94.8 Å². The van der Waals surface area contributed by atoms with Crippen LogP contribution in [-0.2, 0) is 0 Å². The van der Waals surface area contributed by atoms with E-state index in [1.165, 1.54) is 0 Å². The number of anilines is 1. The van der Waals surface area contributed by atoms with Crippen LogP contribution in [-0.4, -0.2) is 10.1 Å². The lowest BCUT2D eigenvalue weighted by Gasteiger charge is -2.14. The maximum absolute atomic E-state index is 9.17. The van der Waals surface area contributed by atoms with E-state index in [2.05, 4.69) is 17.2 Å². The van der Waals surface area contributed by atoms with Gasteiger partial charge in [0, 0.05) is 11.9 Å². The smallest absolute Gasteiger partial charge is 0.115 e. The van der Waals surface area contributed by atoms with Crippen molar-refractivity contribution in [2.24, 2.45) is 0 Å². The second-order valence-electron chi connectivity index (χ2n) is 3.67. The van der Waals surface area contributed by atoms with E-state index < -0.39 is 0 Å². The van der Waals surface area contributed by atoms with E-state index in [0.29, 0.717) is 0 Å². The Hall–Kier alpha value is -2.03. The quantitative estimate of drug-likeness (QED) is 0.772. The lowest BCUT2D eigenvalue weighted by molar-refractivity contribution is 0.475. The number of rotatable bonds is 3. The van der Waals surface area contributed by atoms with E-state index in [9.17, 15) is 0 Å². The van der Waals surface area contributed by atoms with E-state index in [1.807, 2.05) is 30.3 Å². The molecule has 0 saturated heterocycles. The van der Waals surface area contributed by atoms with Crippen LogP contribution in [0.1, 0.15) is 18.7 Å². The zero-order chi connectivity index (χ0) is 11.4. The molecule has 0 spiro atoms. The highest BCUT2D eigenvalue weighted by atomic mass is 16.3. The van der Waals surface area contributed by atoms with Crippen molar-refractivity contribution in [3.05, 3.63) is 54.4 Å². The number of pyridine rings is 1. The summed E-state index contributed by atoms with van der Waals surface area (Å²) in [5.74, 6) is 0.274. The van der Waals surface area contributed by atoms with Crippen molar-refractivity contribution in [1.29, 1.82) is 0 Å². The lowest BCUT2D eigenvalue weighted by atomic mass is 10.2. The van der Waals surface area contributed by atoms with E-state index in [0.717, 1.165) is 11.4 Å². The van der Waals surface area contributed by atoms with Crippen LogP contribution in [0.15, 0.2) is 48.7 Å². The Bertz CT molecular complexity index is 439. The molecule has 16 heavy (non-hydrogen) atoms. The van der Waals surface area contributed by atoms with Crippen LogP contribution in [0.4, 0.5) is 5.69 Å². The number of phenolic OH excluding ortho intramolecular Hbond substituents is 1. The fourth-order valence-corrected chi connectivity index (χ4v) is 1.51. The van der Waals surface area contributed by atoms with Gasteiger partial charge in [0.25, 0.3) is 0 Å². The summed E-state index contributed by atoms with van der Waals surface area (Å²) < 4.78 is 0. The molecule has 1 unspecified atom stereocenters. The minimum Gasteiger partial charge on any atom is -0.508 e. The molecule has 1 heterocycles. The van der Waals surface area contributed by atoms with Crippen LogP contribution in [0, 0.1) is 0 Å². The summed E-state index contributed by atoms with van der Waals surface area (Å²) >= 11 is 0. The first kappa shape index (κ1) is 10.5. The van der Waals surface area contributed by atoms with Gasteiger partial charge < -0.3 is 10.4 Å². The zero-order valence-electron chi connectivity index (χ0n) is 9.09. The standard InChI is InChI=1S/C13H14N2O/c1-10(13-4-2-3-9-14-13)15-11-5-7-12(16)8-6-11/h2-10,15-16H,1H3. The number of nitrogens with zero attached hydrogens (tertiary/aromatic N) is 1. The maximum atomic E-state index is 9.17. The molecule has 0 aliphatic heterocycles. The van der Waals surface area contributed by atoms with Gasteiger partial charge in [-0.05, 0) is 43.3 Å². The number of hydrogen-bond acceptors (Lipinski definition) is 3. The summed E-state index contributed by atoms with van der Waals surface area (Å²) in [5.41, 5.74) is 1.96. The molecule has 82 valence electrons. The molecule has 1 aromatic carbocycles. The monoisotopic (exact) mass is 214 g/mol. The molecule has 0 aliphatic rings. The normalized spacial score (nSPS) is 12.1. The molecule has 2 aromatic rings. The predicted molar refractivity (Wildman–Crippen MR) is 64.4 cm³/mol. The van der Waals surface area contributed by atoms with E-state index in [4.69, 9.17) is 5.11 Å². The lowest BCUT2D eigenvalue weighted by Crippen LogP contribution is -2.07. The van der Waals surface area contributed by atoms with Crippen molar-refractivity contribution in [2.75, 3.05) is 5.32 Å². The molecular formula is C13H14N2O. The number of aromatic nitrogens is 1. The van der Waals surface area contributed by atoms with Gasteiger partial charge in [0.15, 0.2) is 0 Å². The predicted octanol–water partition coefficient (Wildman–Crippen LogP) is 2.96. The number of nitrogens with one attached hydrogen (secondary N) is 1. The Balaban J connectivity index is 2.08. The Morgan fingerprint density at radius 3 is 2.50 bits per heavy atom. The molecule has 3 heteroatoms. The highest BCUT2D eigenvalue weighted by Gasteiger charge is 2.05. The molecular weight excluding hydrogens is 200 g/mol. The summed E-state index contributed by atoms with van der Waals surface area (Å²) in [7, 11) is 0. The Morgan fingerprint density at radius 2 is 1.88 bits per heavy atom. The third-order valence-electron chi connectivity index (χ3n) is 2.38. The molecule has 1 atom stereocenters. The summed E-state index contributed by atoms with van der Waals surface area (Å²) in [6.07, 6.45) is 1.78. The number of aromatic hydroxyl groups is 1. The minimum atomic E-state index is 0.144. The molecule has 0 fully saturated rings. The summed E-state index contributed by atoms with van der Waals surface area (Å²) in [5, 5.41) is 12.5. The third kappa shape index (κ3) is 2.51. The van der Waals surface area contributed by atoms with Crippen molar-refractivity contribution in [3.63, 3.8) is 0 Å². The van der Waals surface area contributed by atoms with Gasteiger partial charge >= 0.3 is 0 Å². The van der Waals surface area contributed by atoms with Gasteiger partial charge in [0.05, 0.1) is 11.7 Å². The molecule has 0 radical (unpaired) electrons. The van der Waals surface area contributed by atoms with Crippen LogP contribution < -0.4 is 5.32 Å². The number of phenols is 1. The summed E-state index contributed by atoms with van der Waals surface area (Å²) in [6, 6.07) is 13.0. The Kier molecular flexibility index (Phi) is 3.05. The van der Waals surface area contributed by atoms with E-state index in [1.54, 1.807) is 18.3 Å². The van der Waals surface area contributed by atoms with Gasteiger partial charge in [-0.2, -0.15) is 0 Å². The van der Waals surface area contributed by atoms with Gasteiger partial charge in [-0.1, -0.05) is 6.07 Å². The summed E-state index contributed by atoms with van der Waals surface area (Å²) in [4.78, 5) is 4.28. The first-order valence-corrected chi connectivity index (χ1v) is 5.22. The topological polar surface area (TPSA) is 45.1 Å². The van der Waals surface area contributed by atoms with Gasteiger partial charge in [-0.25, -0.2) is 0 Å². The van der Waals surface area contributed by atoms with Crippen molar-refractivity contribution in [3.8, 4) is 5.75 Å². The number of hydrogen-bond donors (Lipinski definition) is 2. The first-order chi connectivity index (χ1) is 7.75. The van der Waals surface area contributed by atoms with Gasteiger partial charge in [0.1, 0.15) is 5.75 Å². The fraction of sp³-hybridized carbons (Fsp3) is 0.154. The van der Waals surface area contributed by atoms with Crippen molar-refractivity contribution < 1.29 is 5.11 Å². The highest BCUT2D eigenvalue weighted by Crippen LogP contribution is 2.19. The van der Waals surface area contributed by atoms with Crippen molar-refractivity contribution >= 4 is 5.69 Å². The van der Waals surface area contributed by atoms with Crippen molar-refractivity contribution in [1.82, 2.24) is 4.98 Å². The molecule has 0 aliphatic carbocycles. The molecule has 1 aromatic heterocycles.